The van der Waals surface area contributed by atoms with E-state index in [1.165, 1.54) is 0 Å². The summed E-state index contributed by atoms with van der Waals surface area (Å²) in [6.45, 7) is 7.95. The van der Waals surface area contributed by atoms with Crippen LogP contribution < -0.4 is 0 Å². The molecule has 2 aliphatic heterocycles. The van der Waals surface area contributed by atoms with Crippen molar-refractivity contribution in [1.29, 1.82) is 0 Å². The van der Waals surface area contributed by atoms with Gasteiger partial charge < -0.3 is 14.5 Å². The standard InChI is InChI=1S/C27H36N2O4/c1-20-11-10-13-29(18-20)25(30)19-33-28-24-12-8-6-4-5-7-9-14-32-27(31)26-22(3)15-21(2)16-23(26)17-24/h5,7-8,12,15-16,20H,4,6,9-11,13-14,17-19H2,1-3H3/b7-5+,12-8?,28-24-. The summed E-state index contributed by atoms with van der Waals surface area (Å²) in [5, 5.41) is 4.30. The summed E-state index contributed by atoms with van der Waals surface area (Å²) in [6.07, 6.45) is 13.2. The Balaban J connectivity index is 1.79. The van der Waals surface area contributed by atoms with Crippen LogP contribution in [0.25, 0.3) is 0 Å². The Morgan fingerprint density at radius 1 is 1.18 bits per heavy atom. The van der Waals surface area contributed by atoms with Crippen molar-refractivity contribution in [1.82, 2.24) is 4.90 Å². The second-order valence-corrected chi connectivity index (χ2v) is 9.11. The lowest BCUT2D eigenvalue weighted by Crippen LogP contribution is -2.40. The molecule has 2 heterocycles. The van der Waals surface area contributed by atoms with Gasteiger partial charge in [0.25, 0.3) is 5.91 Å². The van der Waals surface area contributed by atoms with Crippen LogP contribution in [0.5, 0.6) is 0 Å². The van der Waals surface area contributed by atoms with Crippen LogP contribution in [0.3, 0.4) is 0 Å². The van der Waals surface area contributed by atoms with Gasteiger partial charge >= 0.3 is 5.97 Å². The number of cyclic esters (lactones) is 1. The van der Waals surface area contributed by atoms with Crippen molar-refractivity contribution in [3.63, 3.8) is 0 Å². The van der Waals surface area contributed by atoms with Crippen LogP contribution in [-0.4, -0.2) is 48.8 Å². The van der Waals surface area contributed by atoms with Gasteiger partial charge in [0.1, 0.15) is 0 Å². The average molecular weight is 453 g/mol. The molecule has 0 aromatic heterocycles. The number of allylic oxidation sites excluding steroid dienone is 3. The molecule has 1 amide bonds. The third kappa shape index (κ3) is 7.58. The normalized spacial score (nSPS) is 22.3. The predicted octanol–water partition coefficient (Wildman–Crippen LogP) is 4.93. The lowest BCUT2D eigenvalue weighted by atomic mass is 9.95. The van der Waals surface area contributed by atoms with Gasteiger partial charge in [-0.2, -0.15) is 0 Å². The highest BCUT2D eigenvalue weighted by atomic mass is 16.6. The van der Waals surface area contributed by atoms with E-state index in [0.29, 0.717) is 36.6 Å². The Morgan fingerprint density at radius 3 is 2.79 bits per heavy atom. The van der Waals surface area contributed by atoms with Gasteiger partial charge in [0.05, 0.1) is 17.9 Å². The number of likely N-dealkylation sites (tertiary alicyclic amines) is 1. The third-order valence-corrected chi connectivity index (χ3v) is 6.01. The number of benzene rings is 1. The average Bonchev–Trinajstić information content (AvgIpc) is 2.76. The first-order valence-corrected chi connectivity index (χ1v) is 12.0. The number of fused-ring (bicyclic) bond motifs is 1. The van der Waals surface area contributed by atoms with E-state index < -0.39 is 0 Å². The van der Waals surface area contributed by atoms with Crippen LogP contribution in [0.2, 0.25) is 0 Å². The van der Waals surface area contributed by atoms with Gasteiger partial charge in [-0.1, -0.05) is 48.0 Å². The Labute approximate surface area is 197 Å². The molecule has 0 N–H and O–H groups in total. The van der Waals surface area contributed by atoms with Gasteiger partial charge in [0.2, 0.25) is 0 Å². The Kier molecular flexibility index (Phi) is 9.28. The first-order valence-electron chi connectivity index (χ1n) is 12.0. The number of nitrogens with zero attached hydrogens (tertiary/aromatic N) is 2. The molecule has 1 fully saturated rings. The summed E-state index contributed by atoms with van der Waals surface area (Å²) in [4.78, 5) is 32.7. The predicted molar refractivity (Wildman–Crippen MR) is 130 cm³/mol. The molecule has 1 unspecified atom stereocenters. The van der Waals surface area contributed by atoms with E-state index in [1.54, 1.807) is 0 Å². The van der Waals surface area contributed by atoms with Crippen molar-refractivity contribution >= 4 is 17.6 Å². The van der Waals surface area contributed by atoms with Gasteiger partial charge in [-0.3, -0.25) is 4.79 Å². The highest BCUT2D eigenvalue weighted by Gasteiger charge is 2.21. The molecule has 0 radical (unpaired) electrons. The van der Waals surface area contributed by atoms with Crippen molar-refractivity contribution in [2.45, 2.75) is 59.3 Å². The fourth-order valence-corrected chi connectivity index (χ4v) is 4.42. The number of carbonyl (C=O) groups is 2. The smallest absolute Gasteiger partial charge is 0.338 e. The van der Waals surface area contributed by atoms with Crippen LogP contribution >= 0.6 is 0 Å². The quantitative estimate of drug-likeness (QED) is 0.370. The molecular weight excluding hydrogens is 416 g/mol. The lowest BCUT2D eigenvalue weighted by Gasteiger charge is -2.30. The molecule has 6 nitrogen and oxygen atoms in total. The highest BCUT2D eigenvalue weighted by Crippen LogP contribution is 2.21. The molecule has 0 aliphatic carbocycles. The van der Waals surface area contributed by atoms with Gasteiger partial charge in [-0.05, 0) is 69.1 Å². The molecule has 0 saturated carbocycles. The van der Waals surface area contributed by atoms with Gasteiger partial charge in [-0.15, -0.1) is 0 Å². The van der Waals surface area contributed by atoms with Crippen molar-refractivity contribution in [3.05, 3.63) is 58.7 Å². The van der Waals surface area contributed by atoms with Crippen LogP contribution in [0.4, 0.5) is 0 Å². The van der Waals surface area contributed by atoms with Gasteiger partial charge in [-0.25, -0.2) is 4.79 Å². The fourth-order valence-electron chi connectivity index (χ4n) is 4.42. The Morgan fingerprint density at radius 2 is 1.97 bits per heavy atom. The summed E-state index contributed by atoms with van der Waals surface area (Å²) < 4.78 is 5.53. The molecular formula is C27H36N2O4. The third-order valence-electron chi connectivity index (χ3n) is 6.01. The van der Waals surface area contributed by atoms with E-state index in [-0.39, 0.29) is 18.5 Å². The van der Waals surface area contributed by atoms with E-state index >= 15 is 0 Å². The second-order valence-electron chi connectivity index (χ2n) is 9.11. The van der Waals surface area contributed by atoms with E-state index in [4.69, 9.17) is 9.57 Å². The minimum atomic E-state index is -0.313. The zero-order chi connectivity index (χ0) is 23.6. The number of aryl methyl sites for hydroxylation is 2. The van der Waals surface area contributed by atoms with Crippen LogP contribution in [-0.2, 0) is 20.8 Å². The molecule has 0 spiro atoms. The zero-order valence-corrected chi connectivity index (χ0v) is 20.1. The maximum atomic E-state index is 12.8. The summed E-state index contributed by atoms with van der Waals surface area (Å²) in [5.41, 5.74) is 4.07. The zero-order valence-electron chi connectivity index (χ0n) is 20.1. The molecule has 33 heavy (non-hydrogen) atoms. The van der Waals surface area contributed by atoms with E-state index in [2.05, 4.69) is 24.2 Å². The first kappa shape index (κ1) is 24.7. The summed E-state index contributed by atoms with van der Waals surface area (Å²) >= 11 is 0. The molecule has 1 aromatic rings. The van der Waals surface area contributed by atoms with Crippen LogP contribution in [0.15, 0.2) is 41.6 Å². The number of carbonyl (C=O) groups excluding carboxylic acids is 2. The SMILES string of the molecule is Cc1cc(C)c2c(c1)C/C(=N\OCC(=O)N1CCCC(C)C1)C=CCC/C=C/CCOC2=O. The van der Waals surface area contributed by atoms with Crippen molar-refractivity contribution in [2.75, 3.05) is 26.3 Å². The molecule has 6 heteroatoms. The molecule has 1 aromatic carbocycles. The van der Waals surface area contributed by atoms with Gasteiger partial charge in [0, 0.05) is 19.5 Å². The van der Waals surface area contributed by atoms with E-state index in [1.807, 2.05) is 43.0 Å². The number of hydrogen-bond donors (Lipinski definition) is 0. The fraction of sp³-hybridized carbons (Fsp3) is 0.519. The van der Waals surface area contributed by atoms with Crippen molar-refractivity contribution in [3.8, 4) is 0 Å². The first-order chi connectivity index (χ1) is 15.9. The molecule has 2 aliphatic rings. The maximum absolute atomic E-state index is 12.8. The monoisotopic (exact) mass is 452 g/mol. The van der Waals surface area contributed by atoms with Crippen LogP contribution in [0, 0.1) is 19.8 Å². The summed E-state index contributed by atoms with van der Waals surface area (Å²) in [7, 11) is 0. The minimum absolute atomic E-state index is 0.0309. The molecule has 3 rings (SSSR count). The number of amides is 1. The molecule has 1 saturated heterocycles. The Hall–Kier alpha value is -2.89. The second kappa shape index (κ2) is 12.4. The number of ether oxygens (including phenoxy) is 1. The van der Waals surface area contributed by atoms with E-state index in [0.717, 1.165) is 55.5 Å². The summed E-state index contributed by atoms with van der Waals surface area (Å²) in [5.74, 6) is 0.177. The number of oxime groups is 1. The highest BCUT2D eigenvalue weighted by molar-refractivity contribution is 6.00. The topological polar surface area (TPSA) is 68.2 Å². The largest absolute Gasteiger partial charge is 0.462 e. The number of rotatable bonds is 3. The molecule has 1 atom stereocenters. The molecule has 178 valence electrons. The minimum Gasteiger partial charge on any atom is -0.462 e. The lowest BCUT2D eigenvalue weighted by molar-refractivity contribution is -0.137. The summed E-state index contributed by atoms with van der Waals surface area (Å²) in [6, 6.07) is 3.99. The number of esters is 1. The van der Waals surface area contributed by atoms with Gasteiger partial charge in [0.15, 0.2) is 6.61 Å². The Bertz CT molecular complexity index is 932. The van der Waals surface area contributed by atoms with E-state index in [9.17, 15) is 9.59 Å². The number of hydrogen-bond acceptors (Lipinski definition) is 5. The maximum Gasteiger partial charge on any atom is 0.338 e. The van der Waals surface area contributed by atoms with Crippen molar-refractivity contribution in [2.24, 2.45) is 11.1 Å². The molecule has 0 bridgehead atoms. The number of piperidine rings is 1. The van der Waals surface area contributed by atoms with Crippen molar-refractivity contribution < 1.29 is 19.2 Å². The van der Waals surface area contributed by atoms with Crippen LogP contribution in [0.1, 0.15) is 66.1 Å².